The highest BCUT2D eigenvalue weighted by atomic mass is 16.5. The van der Waals surface area contributed by atoms with E-state index in [4.69, 9.17) is 4.74 Å². The Balaban J connectivity index is 2.58. The van der Waals surface area contributed by atoms with Crippen LogP contribution in [0.5, 0.6) is 0 Å². The van der Waals surface area contributed by atoms with Gasteiger partial charge in [-0.1, -0.05) is 0 Å². The van der Waals surface area contributed by atoms with Crippen LogP contribution >= 0.6 is 0 Å². The molecule has 1 heterocycles. The van der Waals surface area contributed by atoms with E-state index >= 15 is 0 Å². The summed E-state index contributed by atoms with van der Waals surface area (Å²) >= 11 is 0. The topological polar surface area (TPSA) is 99.1 Å². The Kier molecular flexibility index (Phi) is 5.56. The number of ether oxygens (including phenoxy) is 1. The van der Waals surface area contributed by atoms with Crippen LogP contribution in [0.25, 0.3) is 0 Å². The quantitative estimate of drug-likeness (QED) is 0.657. The Morgan fingerprint density at radius 3 is 2.47 bits per heavy atom. The average Bonchev–Trinajstić information content (AvgIpc) is 2.36. The number of nitrogens with one attached hydrogen (secondary N) is 1. The molecule has 1 rings (SSSR count). The van der Waals surface area contributed by atoms with Gasteiger partial charge in [-0.05, 0) is 13.3 Å². The van der Waals surface area contributed by atoms with E-state index in [0.717, 1.165) is 0 Å². The first kappa shape index (κ1) is 15.7. The van der Waals surface area contributed by atoms with Gasteiger partial charge in [0.25, 0.3) is 0 Å². The van der Waals surface area contributed by atoms with Crippen LogP contribution in [0.15, 0.2) is 0 Å². The van der Waals surface area contributed by atoms with Crippen molar-refractivity contribution in [1.82, 2.24) is 10.2 Å². The summed E-state index contributed by atoms with van der Waals surface area (Å²) in [7, 11) is 1.58. The summed E-state index contributed by atoms with van der Waals surface area (Å²) in [6, 6.07) is -0.440. The zero-order valence-corrected chi connectivity index (χ0v) is 11.4. The van der Waals surface area contributed by atoms with E-state index in [1.807, 2.05) is 0 Å². The Morgan fingerprint density at radius 1 is 1.42 bits per heavy atom. The van der Waals surface area contributed by atoms with Crippen molar-refractivity contribution in [2.24, 2.45) is 0 Å². The number of urea groups is 1. The van der Waals surface area contributed by atoms with E-state index in [9.17, 15) is 19.8 Å². The molecule has 19 heavy (non-hydrogen) atoms. The first-order chi connectivity index (χ1) is 8.87. The van der Waals surface area contributed by atoms with Crippen molar-refractivity contribution in [1.29, 1.82) is 0 Å². The van der Waals surface area contributed by atoms with Crippen LogP contribution in [-0.2, 0) is 9.53 Å². The lowest BCUT2D eigenvalue weighted by atomic mass is 9.90. The van der Waals surface area contributed by atoms with Gasteiger partial charge in [0.1, 0.15) is 5.54 Å². The van der Waals surface area contributed by atoms with Crippen LogP contribution in [0.3, 0.4) is 0 Å². The summed E-state index contributed by atoms with van der Waals surface area (Å²) in [5, 5.41) is 21.1. The average molecular weight is 274 g/mol. The van der Waals surface area contributed by atoms with Crippen molar-refractivity contribution in [3.05, 3.63) is 0 Å². The molecule has 1 unspecified atom stereocenters. The number of carbonyl (C=O) groups excluding carboxylic acids is 1. The maximum atomic E-state index is 12.0. The monoisotopic (exact) mass is 274 g/mol. The van der Waals surface area contributed by atoms with Gasteiger partial charge in [0.05, 0.1) is 6.10 Å². The Labute approximate surface area is 112 Å². The number of carbonyl (C=O) groups is 2. The van der Waals surface area contributed by atoms with Crippen LogP contribution in [0.4, 0.5) is 4.79 Å². The number of nitrogens with zero attached hydrogens (tertiary/aromatic N) is 1. The number of hydrogen-bond donors (Lipinski definition) is 3. The van der Waals surface area contributed by atoms with Crippen LogP contribution in [0.2, 0.25) is 0 Å². The number of aliphatic carboxylic acids is 1. The molecule has 0 aliphatic carbocycles. The van der Waals surface area contributed by atoms with Crippen molar-refractivity contribution in [3.8, 4) is 0 Å². The molecule has 0 aromatic rings. The standard InChI is InChI=1S/C12H22N2O5/c1-9(15)3-6-14(2)11(18)13-12(10(16)17)4-7-19-8-5-12/h9,15H,3-8H2,1-2H3,(H,13,18)(H,16,17). The summed E-state index contributed by atoms with van der Waals surface area (Å²) in [6.07, 6.45) is 0.482. The zero-order valence-electron chi connectivity index (χ0n) is 11.4. The number of rotatable bonds is 5. The van der Waals surface area contributed by atoms with E-state index < -0.39 is 23.6 Å². The van der Waals surface area contributed by atoms with Gasteiger partial charge < -0.3 is 25.2 Å². The second-order valence-corrected chi connectivity index (χ2v) is 4.99. The number of amides is 2. The van der Waals surface area contributed by atoms with E-state index in [2.05, 4.69) is 5.32 Å². The van der Waals surface area contributed by atoms with Crippen molar-refractivity contribution >= 4 is 12.0 Å². The number of aliphatic hydroxyl groups is 1. The highest BCUT2D eigenvalue weighted by Crippen LogP contribution is 2.21. The Morgan fingerprint density at radius 2 is 2.00 bits per heavy atom. The molecular weight excluding hydrogens is 252 g/mol. The van der Waals surface area contributed by atoms with E-state index in [1.54, 1.807) is 14.0 Å². The van der Waals surface area contributed by atoms with Crippen molar-refractivity contribution in [2.75, 3.05) is 26.8 Å². The summed E-state index contributed by atoms with van der Waals surface area (Å²) < 4.78 is 5.13. The van der Waals surface area contributed by atoms with Crippen LogP contribution in [-0.4, -0.2) is 65.6 Å². The Hall–Kier alpha value is -1.34. The lowest BCUT2D eigenvalue weighted by Gasteiger charge is -2.35. The molecule has 1 fully saturated rings. The van der Waals surface area contributed by atoms with E-state index in [-0.39, 0.29) is 12.8 Å². The molecule has 3 N–H and O–H groups in total. The third-order valence-electron chi connectivity index (χ3n) is 3.33. The van der Waals surface area contributed by atoms with Crippen molar-refractivity contribution in [2.45, 2.75) is 37.8 Å². The molecule has 110 valence electrons. The smallest absolute Gasteiger partial charge is 0.329 e. The summed E-state index contributed by atoms with van der Waals surface area (Å²) in [5.41, 5.74) is -1.24. The fourth-order valence-corrected chi connectivity index (χ4v) is 1.89. The molecule has 1 atom stereocenters. The Bertz CT molecular complexity index is 326. The van der Waals surface area contributed by atoms with Gasteiger partial charge in [-0.2, -0.15) is 0 Å². The number of carboxylic acid groups (broad SMARTS) is 1. The van der Waals surface area contributed by atoms with Gasteiger partial charge in [0, 0.05) is 39.6 Å². The molecule has 0 radical (unpaired) electrons. The maximum absolute atomic E-state index is 12.0. The van der Waals surface area contributed by atoms with Crippen LogP contribution < -0.4 is 5.32 Å². The van der Waals surface area contributed by atoms with Gasteiger partial charge in [-0.3, -0.25) is 0 Å². The molecule has 1 saturated heterocycles. The zero-order chi connectivity index (χ0) is 14.5. The highest BCUT2D eigenvalue weighted by molar-refractivity contribution is 5.86. The predicted octanol–water partition coefficient (Wildman–Crippen LogP) is 0.0325. The normalized spacial score (nSPS) is 19.5. The van der Waals surface area contributed by atoms with Crippen molar-refractivity contribution in [3.63, 3.8) is 0 Å². The van der Waals surface area contributed by atoms with Gasteiger partial charge >= 0.3 is 12.0 Å². The summed E-state index contributed by atoms with van der Waals surface area (Å²) in [5.74, 6) is -1.03. The molecule has 7 heteroatoms. The number of carboxylic acids is 1. The highest BCUT2D eigenvalue weighted by Gasteiger charge is 2.42. The fourth-order valence-electron chi connectivity index (χ4n) is 1.89. The third-order valence-corrected chi connectivity index (χ3v) is 3.33. The van der Waals surface area contributed by atoms with E-state index in [0.29, 0.717) is 26.2 Å². The van der Waals surface area contributed by atoms with E-state index in [1.165, 1.54) is 4.90 Å². The largest absolute Gasteiger partial charge is 0.480 e. The minimum atomic E-state index is -1.24. The predicted molar refractivity (Wildman–Crippen MR) is 67.9 cm³/mol. The first-order valence-electron chi connectivity index (χ1n) is 6.40. The molecular formula is C12H22N2O5. The molecule has 2 amide bonds. The molecule has 1 aliphatic heterocycles. The van der Waals surface area contributed by atoms with Gasteiger partial charge in [-0.15, -0.1) is 0 Å². The lowest BCUT2D eigenvalue weighted by Crippen LogP contribution is -2.59. The van der Waals surface area contributed by atoms with Crippen LogP contribution in [0, 0.1) is 0 Å². The summed E-state index contributed by atoms with van der Waals surface area (Å²) in [6.45, 7) is 2.66. The molecule has 1 aliphatic rings. The maximum Gasteiger partial charge on any atom is 0.329 e. The number of aliphatic hydroxyl groups excluding tert-OH is 1. The number of hydrogen-bond acceptors (Lipinski definition) is 4. The minimum absolute atomic E-state index is 0.262. The van der Waals surface area contributed by atoms with Gasteiger partial charge in [0.15, 0.2) is 0 Å². The molecule has 0 spiro atoms. The van der Waals surface area contributed by atoms with Crippen LogP contribution in [0.1, 0.15) is 26.2 Å². The first-order valence-corrected chi connectivity index (χ1v) is 6.40. The lowest BCUT2D eigenvalue weighted by molar-refractivity contribution is -0.148. The van der Waals surface area contributed by atoms with Gasteiger partial charge in [0.2, 0.25) is 0 Å². The molecule has 0 aromatic carbocycles. The summed E-state index contributed by atoms with van der Waals surface area (Å²) in [4.78, 5) is 24.7. The second-order valence-electron chi connectivity index (χ2n) is 4.99. The molecule has 7 nitrogen and oxygen atoms in total. The SMILES string of the molecule is CC(O)CCN(C)C(=O)NC1(C(=O)O)CCOCC1. The minimum Gasteiger partial charge on any atom is -0.480 e. The molecule has 0 saturated carbocycles. The van der Waals surface area contributed by atoms with Gasteiger partial charge in [-0.25, -0.2) is 9.59 Å². The molecule has 0 aromatic heterocycles. The second kappa shape index (κ2) is 6.72. The third kappa shape index (κ3) is 4.36. The molecule has 0 bridgehead atoms. The van der Waals surface area contributed by atoms with Crippen molar-refractivity contribution < 1.29 is 24.5 Å². The fraction of sp³-hybridized carbons (Fsp3) is 0.833.